The SMILES string of the molecule is Cc1nc(C(C)NS(=O)(=O)c2cnn(C)c2)c(C)s1. The van der Waals surface area contributed by atoms with Crippen LogP contribution in [0.25, 0.3) is 0 Å². The lowest BCUT2D eigenvalue weighted by Gasteiger charge is -2.12. The van der Waals surface area contributed by atoms with Gasteiger partial charge >= 0.3 is 0 Å². The van der Waals surface area contributed by atoms with Gasteiger partial charge in [-0.15, -0.1) is 11.3 Å². The van der Waals surface area contributed by atoms with Crippen LogP contribution in [0.1, 0.15) is 28.5 Å². The summed E-state index contributed by atoms with van der Waals surface area (Å²) in [4.78, 5) is 5.55. The van der Waals surface area contributed by atoms with Gasteiger partial charge < -0.3 is 0 Å². The Bertz CT molecular complexity index is 687. The van der Waals surface area contributed by atoms with Crippen molar-refractivity contribution in [1.82, 2.24) is 19.5 Å². The fourth-order valence-corrected chi connectivity index (χ4v) is 3.95. The number of sulfonamides is 1. The van der Waals surface area contributed by atoms with Crippen LogP contribution in [0.5, 0.6) is 0 Å². The Morgan fingerprint density at radius 1 is 1.42 bits per heavy atom. The quantitative estimate of drug-likeness (QED) is 0.929. The summed E-state index contributed by atoms with van der Waals surface area (Å²) in [5.41, 5.74) is 0.773. The molecule has 6 nitrogen and oxygen atoms in total. The Kier molecular flexibility index (Phi) is 3.75. The van der Waals surface area contributed by atoms with Gasteiger partial charge in [0.05, 0.1) is 22.9 Å². The number of thiazole rings is 1. The summed E-state index contributed by atoms with van der Waals surface area (Å²) in [5, 5.41) is 4.80. The number of rotatable bonds is 4. The highest BCUT2D eigenvalue weighted by Crippen LogP contribution is 2.23. The smallest absolute Gasteiger partial charge is 0.244 e. The Labute approximate surface area is 116 Å². The summed E-state index contributed by atoms with van der Waals surface area (Å²) in [5.74, 6) is 0. The second-order valence-electron chi connectivity index (χ2n) is 4.37. The summed E-state index contributed by atoms with van der Waals surface area (Å²) in [6, 6.07) is -0.366. The molecule has 1 atom stereocenters. The summed E-state index contributed by atoms with van der Waals surface area (Å²) in [7, 11) is -1.89. The van der Waals surface area contributed by atoms with E-state index in [2.05, 4.69) is 14.8 Å². The molecule has 0 bridgehead atoms. The summed E-state index contributed by atoms with van der Waals surface area (Å²) < 4.78 is 28.4. The van der Waals surface area contributed by atoms with E-state index in [1.165, 1.54) is 17.1 Å². The van der Waals surface area contributed by atoms with E-state index in [9.17, 15) is 8.42 Å². The lowest BCUT2D eigenvalue weighted by molar-refractivity contribution is 0.563. The van der Waals surface area contributed by atoms with Crippen LogP contribution in [-0.2, 0) is 17.1 Å². The molecule has 0 saturated carbocycles. The summed E-state index contributed by atoms with van der Waals surface area (Å²) >= 11 is 1.56. The third-order valence-electron chi connectivity index (χ3n) is 2.67. The minimum atomic E-state index is -3.56. The van der Waals surface area contributed by atoms with Crippen LogP contribution >= 0.6 is 11.3 Å². The largest absolute Gasteiger partial charge is 0.274 e. The first-order valence-corrected chi connectivity index (χ1v) is 8.04. The van der Waals surface area contributed by atoms with Crippen LogP contribution in [-0.4, -0.2) is 23.2 Å². The van der Waals surface area contributed by atoms with Crippen LogP contribution in [0, 0.1) is 13.8 Å². The van der Waals surface area contributed by atoms with Crippen molar-refractivity contribution in [2.45, 2.75) is 31.7 Å². The first kappa shape index (κ1) is 14.2. The van der Waals surface area contributed by atoms with Crippen LogP contribution in [0.2, 0.25) is 0 Å². The zero-order valence-electron chi connectivity index (χ0n) is 11.2. The van der Waals surface area contributed by atoms with Crippen molar-refractivity contribution in [1.29, 1.82) is 0 Å². The highest BCUT2D eigenvalue weighted by atomic mass is 32.2. The van der Waals surface area contributed by atoms with E-state index in [1.807, 2.05) is 13.8 Å². The predicted molar refractivity (Wildman–Crippen MR) is 73.5 cm³/mol. The standard InChI is InChI=1S/C11H16N4O2S2/c1-7(11-8(2)18-9(3)13-11)14-19(16,17)10-5-12-15(4)6-10/h5-7,14H,1-4H3. The average molecular weight is 300 g/mol. The normalized spacial score (nSPS) is 13.7. The van der Waals surface area contributed by atoms with Gasteiger partial charge in [-0.25, -0.2) is 18.1 Å². The lowest BCUT2D eigenvalue weighted by Crippen LogP contribution is -2.27. The molecule has 0 amide bonds. The maximum atomic E-state index is 12.2. The van der Waals surface area contributed by atoms with E-state index in [4.69, 9.17) is 0 Å². The number of hydrogen-bond donors (Lipinski definition) is 1. The first-order chi connectivity index (χ1) is 8.79. The Hall–Kier alpha value is -1.25. The van der Waals surface area contributed by atoms with Crippen molar-refractivity contribution in [2.24, 2.45) is 7.05 Å². The van der Waals surface area contributed by atoms with Gasteiger partial charge in [-0.05, 0) is 20.8 Å². The second kappa shape index (κ2) is 5.03. The van der Waals surface area contributed by atoms with Crippen molar-refractivity contribution in [3.05, 3.63) is 28.0 Å². The van der Waals surface area contributed by atoms with Gasteiger partial charge in [0.1, 0.15) is 4.90 Å². The number of aryl methyl sites for hydroxylation is 3. The molecule has 0 spiro atoms. The van der Waals surface area contributed by atoms with Gasteiger partial charge in [-0.1, -0.05) is 0 Å². The van der Waals surface area contributed by atoms with E-state index >= 15 is 0 Å². The van der Waals surface area contributed by atoms with Crippen LogP contribution in [0.15, 0.2) is 17.3 Å². The predicted octanol–water partition coefficient (Wildman–Crippen LogP) is 1.53. The third kappa shape index (κ3) is 3.02. The molecule has 2 aromatic heterocycles. The molecule has 19 heavy (non-hydrogen) atoms. The van der Waals surface area contributed by atoms with Crippen LogP contribution < -0.4 is 4.72 Å². The fourth-order valence-electron chi connectivity index (χ4n) is 1.84. The molecule has 0 aliphatic carbocycles. The zero-order chi connectivity index (χ0) is 14.2. The number of nitrogens with zero attached hydrogens (tertiary/aromatic N) is 3. The molecule has 0 radical (unpaired) electrons. The Morgan fingerprint density at radius 2 is 2.11 bits per heavy atom. The fraction of sp³-hybridized carbons (Fsp3) is 0.455. The molecule has 0 fully saturated rings. The Balaban J connectivity index is 2.23. The molecule has 0 aliphatic heterocycles. The highest BCUT2D eigenvalue weighted by molar-refractivity contribution is 7.89. The van der Waals surface area contributed by atoms with Crippen molar-refractivity contribution in [3.8, 4) is 0 Å². The molecule has 1 N–H and O–H groups in total. The zero-order valence-corrected chi connectivity index (χ0v) is 12.8. The van der Waals surface area contributed by atoms with Crippen molar-refractivity contribution in [2.75, 3.05) is 0 Å². The highest BCUT2D eigenvalue weighted by Gasteiger charge is 2.22. The van der Waals surface area contributed by atoms with E-state index in [0.29, 0.717) is 0 Å². The first-order valence-electron chi connectivity index (χ1n) is 5.74. The van der Waals surface area contributed by atoms with Crippen molar-refractivity contribution in [3.63, 3.8) is 0 Å². The molecule has 104 valence electrons. The molecule has 0 saturated heterocycles. The monoisotopic (exact) mass is 300 g/mol. The Morgan fingerprint density at radius 3 is 2.58 bits per heavy atom. The van der Waals surface area contributed by atoms with Gasteiger partial charge in [0.2, 0.25) is 10.0 Å². The van der Waals surface area contributed by atoms with Gasteiger partial charge in [0, 0.05) is 18.1 Å². The van der Waals surface area contributed by atoms with Crippen LogP contribution in [0.3, 0.4) is 0 Å². The third-order valence-corrected chi connectivity index (χ3v) is 5.07. The number of aromatic nitrogens is 3. The van der Waals surface area contributed by atoms with Crippen molar-refractivity contribution < 1.29 is 8.42 Å². The maximum absolute atomic E-state index is 12.2. The molecule has 2 heterocycles. The molecule has 1 unspecified atom stereocenters. The molecule has 0 aromatic carbocycles. The molecule has 2 rings (SSSR count). The van der Waals surface area contributed by atoms with Gasteiger partial charge in [0.15, 0.2) is 0 Å². The number of nitrogens with one attached hydrogen (secondary N) is 1. The topological polar surface area (TPSA) is 76.9 Å². The molecule has 0 aliphatic rings. The van der Waals surface area contributed by atoms with E-state index in [0.717, 1.165) is 15.6 Å². The molecule has 2 aromatic rings. The van der Waals surface area contributed by atoms with Crippen molar-refractivity contribution >= 4 is 21.4 Å². The molecular formula is C11H16N4O2S2. The average Bonchev–Trinajstić information content (AvgIpc) is 2.84. The van der Waals surface area contributed by atoms with Gasteiger partial charge in [0.25, 0.3) is 0 Å². The van der Waals surface area contributed by atoms with E-state index in [1.54, 1.807) is 25.3 Å². The van der Waals surface area contributed by atoms with Gasteiger partial charge in [-0.3, -0.25) is 4.68 Å². The molecule has 8 heteroatoms. The maximum Gasteiger partial charge on any atom is 0.244 e. The minimum absolute atomic E-state index is 0.159. The molecular weight excluding hydrogens is 284 g/mol. The van der Waals surface area contributed by atoms with E-state index < -0.39 is 10.0 Å². The lowest BCUT2D eigenvalue weighted by atomic mass is 10.2. The summed E-state index contributed by atoms with van der Waals surface area (Å²) in [6.45, 7) is 5.63. The van der Waals surface area contributed by atoms with E-state index in [-0.39, 0.29) is 10.9 Å². The number of hydrogen-bond acceptors (Lipinski definition) is 5. The second-order valence-corrected chi connectivity index (χ2v) is 7.49. The minimum Gasteiger partial charge on any atom is -0.274 e. The van der Waals surface area contributed by atoms with Crippen LogP contribution in [0.4, 0.5) is 0 Å². The van der Waals surface area contributed by atoms with Gasteiger partial charge in [-0.2, -0.15) is 5.10 Å². The summed E-state index contributed by atoms with van der Waals surface area (Å²) in [6.07, 6.45) is 2.79.